The molecule has 5 heteroatoms. The number of hydrogen-bond acceptors (Lipinski definition) is 1. The summed E-state index contributed by atoms with van der Waals surface area (Å²) in [6.07, 6.45) is 0.178. The third-order valence-electron chi connectivity index (χ3n) is 4.64. The molecule has 122 valence electrons. The minimum absolute atomic E-state index is 0.222. The Kier molecular flexibility index (Phi) is 4.54. The zero-order valence-corrected chi connectivity index (χ0v) is 13.3. The largest absolute Gasteiger partial charge is 0.342 e. The predicted octanol–water partition coefficient (Wildman–Crippen LogP) is 3.88. The molecule has 1 aliphatic rings. The first-order chi connectivity index (χ1) is 10.1. The summed E-state index contributed by atoms with van der Waals surface area (Å²) in [6, 6.07) is 3.53. The number of rotatable bonds is 2. The number of nitrogens with zero attached hydrogens (tertiary/aromatic N) is 1. The number of alkyl halides is 1. The molecule has 1 heterocycles. The van der Waals surface area contributed by atoms with Crippen molar-refractivity contribution in [3.63, 3.8) is 0 Å². The summed E-state index contributed by atoms with van der Waals surface area (Å²) in [5.74, 6) is -1.81. The molecular weight excluding hydrogens is 291 g/mol. The zero-order chi connectivity index (χ0) is 16.5. The number of hydrogen-bond donors (Lipinski definition) is 0. The highest BCUT2D eigenvalue weighted by Gasteiger charge is 2.45. The van der Waals surface area contributed by atoms with Crippen molar-refractivity contribution < 1.29 is 18.0 Å². The lowest BCUT2D eigenvalue weighted by Gasteiger charge is -2.44. The molecular formula is C17H22F3NO. The van der Waals surface area contributed by atoms with Crippen molar-refractivity contribution in [1.82, 2.24) is 4.90 Å². The minimum Gasteiger partial charge on any atom is -0.342 e. The van der Waals surface area contributed by atoms with Crippen LogP contribution in [0.3, 0.4) is 0 Å². The first-order valence-electron chi connectivity index (χ1n) is 7.54. The van der Waals surface area contributed by atoms with Gasteiger partial charge in [-0.2, -0.15) is 0 Å². The summed E-state index contributed by atoms with van der Waals surface area (Å²) in [4.78, 5) is 13.7. The summed E-state index contributed by atoms with van der Waals surface area (Å²) in [5.41, 5.74) is -2.02. The van der Waals surface area contributed by atoms with E-state index in [1.807, 2.05) is 20.8 Å². The van der Waals surface area contributed by atoms with Gasteiger partial charge in [-0.1, -0.05) is 26.8 Å². The molecule has 1 saturated heterocycles. The molecule has 1 fully saturated rings. The molecule has 0 radical (unpaired) electrons. The van der Waals surface area contributed by atoms with Crippen molar-refractivity contribution in [2.45, 2.75) is 45.7 Å². The van der Waals surface area contributed by atoms with E-state index in [1.54, 1.807) is 0 Å². The van der Waals surface area contributed by atoms with E-state index in [0.29, 0.717) is 0 Å². The lowest BCUT2D eigenvalue weighted by Crippen LogP contribution is -2.50. The minimum atomic E-state index is -1.31. The van der Waals surface area contributed by atoms with Gasteiger partial charge in [-0.3, -0.25) is 4.79 Å². The van der Waals surface area contributed by atoms with Crippen molar-refractivity contribution in [3.8, 4) is 0 Å². The fourth-order valence-electron chi connectivity index (χ4n) is 2.82. The third-order valence-corrected chi connectivity index (χ3v) is 4.64. The van der Waals surface area contributed by atoms with Gasteiger partial charge in [-0.05, 0) is 30.4 Å². The smallest absolute Gasteiger partial charge is 0.227 e. The maximum absolute atomic E-state index is 14.8. The molecule has 0 unspecified atom stereocenters. The van der Waals surface area contributed by atoms with E-state index in [4.69, 9.17) is 0 Å². The Hall–Kier alpha value is -1.52. The highest BCUT2D eigenvalue weighted by Crippen LogP contribution is 2.42. The van der Waals surface area contributed by atoms with Crippen LogP contribution in [0.5, 0.6) is 0 Å². The summed E-state index contributed by atoms with van der Waals surface area (Å²) < 4.78 is 42.0. The molecule has 1 amide bonds. The number of carbonyl (C=O) groups is 1. The maximum atomic E-state index is 14.8. The van der Waals surface area contributed by atoms with Crippen molar-refractivity contribution in [3.05, 3.63) is 35.4 Å². The normalized spacial score (nSPS) is 18.4. The van der Waals surface area contributed by atoms with Crippen molar-refractivity contribution in [1.29, 1.82) is 0 Å². The van der Waals surface area contributed by atoms with Crippen LogP contribution in [-0.2, 0) is 11.2 Å². The van der Waals surface area contributed by atoms with E-state index >= 15 is 0 Å². The van der Waals surface area contributed by atoms with Gasteiger partial charge in [0.05, 0.1) is 6.42 Å². The lowest BCUT2D eigenvalue weighted by molar-refractivity contribution is -0.135. The topological polar surface area (TPSA) is 20.3 Å². The van der Waals surface area contributed by atoms with Gasteiger partial charge in [0.1, 0.15) is 17.3 Å². The van der Waals surface area contributed by atoms with E-state index < -0.39 is 22.7 Å². The lowest BCUT2D eigenvalue weighted by atomic mass is 9.72. The number of carbonyl (C=O) groups excluding carboxylic acids is 1. The maximum Gasteiger partial charge on any atom is 0.227 e. The van der Waals surface area contributed by atoms with E-state index in [0.717, 1.165) is 12.1 Å². The van der Waals surface area contributed by atoms with Gasteiger partial charge >= 0.3 is 0 Å². The Morgan fingerprint density at radius 1 is 1.18 bits per heavy atom. The molecule has 0 bridgehead atoms. The summed E-state index contributed by atoms with van der Waals surface area (Å²) >= 11 is 0. The SMILES string of the molecule is CC(C)(C)C1(F)CCN(C(=O)Cc2c(F)cccc2F)CC1. The molecule has 1 aromatic rings. The molecule has 0 spiro atoms. The molecule has 2 rings (SSSR count). The summed E-state index contributed by atoms with van der Waals surface area (Å²) in [5, 5.41) is 0. The van der Waals surface area contributed by atoms with E-state index in [1.165, 1.54) is 11.0 Å². The molecule has 0 aromatic heterocycles. The second-order valence-electron chi connectivity index (χ2n) is 6.97. The molecule has 0 aliphatic carbocycles. The van der Waals surface area contributed by atoms with Crippen molar-refractivity contribution >= 4 is 5.91 Å². The molecule has 2 nitrogen and oxygen atoms in total. The number of piperidine rings is 1. The molecule has 1 aliphatic heterocycles. The van der Waals surface area contributed by atoms with Crippen LogP contribution in [0.2, 0.25) is 0 Å². The van der Waals surface area contributed by atoms with Crippen LogP contribution in [0.25, 0.3) is 0 Å². The Bertz CT molecular complexity index is 537. The fourth-order valence-corrected chi connectivity index (χ4v) is 2.82. The Labute approximate surface area is 129 Å². The third kappa shape index (κ3) is 3.28. The van der Waals surface area contributed by atoms with E-state index in [-0.39, 0.29) is 43.8 Å². The predicted molar refractivity (Wildman–Crippen MR) is 79.2 cm³/mol. The van der Waals surface area contributed by atoms with Crippen LogP contribution in [0.4, 0.5) is 13.2 Å². The first kappa shape index (κ1) is 16.8. The number of halogens is 3. The average Bonchev–Trinajstić information content (AvgIpc) is 2.42. The van der Waals surface area contributed by atoms with Gasteiger partial charge in [-0.15, -0.1) is 0 Å². The molecule has 0 N–H and O–H groups in total. The van der Waals surface area contributed by atoms with E-state index in [2.05, 4.69) is 0 Å². The van der Waals surface area contributed by atoms with Gasteiger partial charge in [0.2, 0.25) is 5.91 Å². The van der Waals surface area contributed by atoms with Crippen LogP contribution in [0, 0.1) is 17.0 Å². The Balaban J connectivity index is 2.02. The first-order valence-corrected chi connectivity index (χ1v) is 7.54. The van der Waals surface area contributed by atoms with Gasteiger partial charge in [0.15, 0.2) is 0 Å². The molecule has 1 aromatic carbocycles. The van der Waals surface area contributed by atoms with Crippen molar-refractivity contribution in [2.75, 3.05) is 13.1 Å². The van der Waals surface area contributed by atoms with Crippen molar-refractivity contribution in [2.24, 2.45) is 5.41 Å². The van der Waals surface area contributed by atoms with Crippen LogP contribution in [0.15, 0.2) is 18.2 Å². The number of amides is 1. The number of benzene rings is 1. The Morgan fingerprint density at radius 2 is 1.68 bits per heavy atom. The van der Waals surface area contributed by atoms with Crippen LogP contribution in [-0.4, -0.2) is 29.6 Å². The quantitative estimate of drug-likeness (QED) is 0.811. The van der Waals surface area contributed by atoms with Crippen LogP contribution < -0.4 is 0 Å². The second kappa shape index (κ2) is 5.94. The summed E-state index contributed by atoms with van der Waals surface area (Å²) in [6.45, 7) is 6.10. The highest BCUT2D eigenvalue weighted by atomic mass is 19.1. The highest BCUT2D eigenvalue weighted by molar-refractivity contribution is 5.79. The Morgan fingerprint density at radius 3 is 2.14 bits per heavy atom. The summed E-state index contributed by atoms with van der Waals surface area (Å²) in [7, 11) is 0. The zero-order valence-electron chi connectivity index (χ0n) is 13.3. The van der Waals surface area contributed by atoms with Gasteiger partial charge in [0.25, 0.3) is 0 Å². The molecule has 22 heavy (non-hydrogen) atoms. The van der Waals surface area contributed by atoms with Crippen LogP contribution in [0.1, 0.15) is 39.2 Å². The van der Waals surface area contributed by atoms with Gasteiger partial charge < -0.3 is 4.90 Å². The fraction of sp³-hybridized carbons (Fsp3) is 0.588. The average molecular weight is 313 g/mol. The molecule has 0 saturated carbocycles. The van der Waals surface area contributed by atoms with Crippen LogP contribution >= 0.6 is 0 Å². The number of likely N-dealkylation sites (tertiary alicyclic amines) is 1. The van der Waals surface area contributed by atoms with E-state index in [9.17, 15) is 18.0 Å². The molecule has 0 atom stereocenters. The standard InChI is InChI=1S/C17H22F3NO/c1-16(2,3)17(20)7-9-21(10-8-17)15(22)11-12-13(18)5-4-6-14(12)19/h4-6H,7-11H2,1-3H3. The van der Waals surface area contributed by atoms with Gasteiger partial charge in [-0.25, -0.2) is 13.2 Å². The monoisotopic (exact) mass is 313 g/mol. The second-order valence-corrected chi connectivity index (χ2v) is 6.97. The van der Waals surface area contributed by atoms with Gasteiger partial charge in [0, 0.05) is 18.7 Å².